The van der Waals surface area contributed by atoms with Gasteiger partial charge in [0.15, 0.2) is 5.58 Å². The van der Waals surface area contributed by atoms with E-state index in [0.717, 1.165) is 63.0 Å². The number of aromatic nitrogens is 1. The van der Waals surface area contributed by atoms with Gasteiger partial charge in [-0.3, -0.25) is 4.79 Å². The molecule has 2 heterocycles. The van der Waals surface area contributed by atoms with E-state index in [9.17, 15) is 4.79 Å². The lowest BCUT2D eigenvalue weighted by molar-refractivity contribution is -0.137. The zero-order chi connectivity index (χ0) is 16.5. The number of anilines is 1. The molecule has 2 fully saturated rings. The summed E-state index contributed by atoms with van der Waals surface area (Å²) in [5.41, 5.74) is 7.71. The number of hydrogen-bond acceptors (Lipinski definition) is 5. The Morgan fingerprint density at radius 3 is 2.71 bits per heavy atom. The molecule has 2 unspecified atom stereocenters. The summed E-state index contributed by atoms with van der Waals surface area (Å²) < 4.78 is 5.83. The fourth-order valence-corrected chi connectivity index (χ4v) is 3.82. The number of carbonyl (C=O) groups is 1. The minimum Gasteiger partial charge on any atom is -0.423 e. The number of amides is 1. The van der Waals surface area contributed by atoms with Crippen molar-refractivity contribution in [3.63, 3.8) is 0 Å². The topological polar surface area (TPSA) is 75.6 Å². The molecule has 1 saturated heterocycles. The fraction of sp³-hybridized carbons (Fsp3) is 0.556. The van der Waals surface area contributed by atoms with Crippen LogP contribution in [0.15, 0.2) is 28.7 Å². The lowest BCUT2D eigenvalue weighted by atomic mass is 9.85. The number of hydrogen-bond donors (Lipinski definition) is 1. The molecule has 2 aliphatic rings. The van der Waals surface area contributed by atoms with E-state index in [1.54, 1.807) is 0 Å². The van der Waals surface area contributed by atoms with Crippen LogP contribution >= 0.6 is 0 Å². The van der Waals surface area contributed by atoms with Crippen LogP contribution in [0.25, 0.3) is 11.1 Å². The van der Waals surface area contributed by atoms with E-state index in [1.807, 2.05) is 29.2 Å². The molecule has 6 heteroatoms. The molecule has 6 nitrogen and oxygen atoms in total. The molecule has 0 bridgehead atoms. The molecule has 2 N–H and O–H groups in total. The first kappa shape index (κ1) is 15.4. The van der Waals surface area contributed by atoms with Gasteiger partial charge in [-0.05, 0) is 31.4 Å². The van der Waals surface area contributed by atoms with Gasteiger partial charge in [0.2, 0.25) is 5.91 Å². The zero-order valence-electron chi connectivity index (χ0n) is 13.9. The van der Waals surface area contributed by atoms with Crippen LogP contribution in [-0.4, -0.2) is 48.0 Å². The highest BCUT2D eigenvalue weighted by Gasteiger charge is 2.31. The number of oxazole rings is 1. The lowest BCUT2D eigenvalue weighted by Crippen LogP contribution is -2.51. The minimum absolute atomic E-state index is 0.115. The van der Waals surface area contributed by atoms with Crippen LogP contribution in [-0.2, 0) is 4.79 Å². The SMILES string of the molecule is NC1CCCC(C(=O)N2CCN(c3nc4ccccc4o3)CC2)C1. The van der Waals surface area contributed by atoms with Gasteiger partial charge in [0, 0.05) is 38.1 Å². The molecule has 2 atom stereocenters. The third-order valence-electron chi connectivity index (χ3n) is 5.21. The van der Waals surface area contributed by atoms with Crippen molar-refractivity contribution in [1.29, 1.82) is 0 Å². The minimum atomic E-state index is 0.115. The Morgan fingerprint density at radius 2 is 1.96 bits per heavy atom. The highest BCUT2D eigenvalue weighted by atomic mass is 16.4. The van der Waals surface area contributed by atoms with Gasteiger partial charge >= 0.3 is 0 Å². The highest BCUT2D eigenvalue weighted by molar-refractivity contribution is 5.79. The van der Waals surface area contributed by atoms with Gasteiger partial charge in [-0.2, -0.15) is 4.98 Å². The maximum absolute atomic E-state index is 12.7. The van der Waals surface area contributed by atoms with E-state index in [-0.39, 0.29) is 17.9 Å². The molecule has 4 rings (SSSR count). The molecule has 1 aromatic heterocycles. The quantitative estimate of drug-likeness (QED) is 0.912. The first-order valence-electron chi connectivity index (χ1n) is 8.85. The van der Waals surface area contributed by atoms with Crippen molar-refractivity contribution in [2.45, 2.75) is 31.7 Å². The normalized spacial score (nSPS) is 25.2. The summed E-state index contributed by atoms with van der Waals surface area (Å²) in [6.45, 7) is 2.97. The first-order valence-corrected chi connectivity index (χ1v) is 8.85. The summed E-state index contributed by atoms with van der Waals surface area (Å²) in [6, 6.07) is 8.63. The molecule has 0 spiro atoms. The summed E-state index contributed by atoms with van der Waals surface area (Å²) in [5, 5.41) is 0. The predicted molar refractivity (Wildman–Crippen MR) is 92.7 cm³/mol. The number of piperazine rings is 1. The third kappa shape index (κ3) is 2.98. The van der Waals surface area contributed by atoms with Gasteiger partial charge in [-0.25, -0.2) is 0 Å². The number of nitrogens with zero attached hydrogens (tertiary/aromatic N) is 3. The molecule has 24 heavy (non-hydrogen) atoms. The number of carbonyl (C=O) groups excluding carboxylic acids is 1. The summed E-state index contributed by atoms with van der Waals surface area (Å²) in [6.07, 6.45) is 3.94. The molecule has 1 amide bonds. The van der Waals surface area contributed by atoms with Gasteiger partial charge < -0.3 is 20.0 Å². The molecule has 1 aliphatic heterocycles. The van der Waals surface area contributed by atoms with Crippen LogP contribution in [0.2, 0.25) is 0 Å². The van der Waals surface area contributed by atoms with Crippen molar-refractivity contribution in [3.8, 4) is 0 Å². The van der Waals surface area contributed by atoms with Crippen molar-refractivity contribution in [2.75, 3.05) is 31.1 Å². The monoisotopic (exact) mass is 328 g/mol. The van der Waals surface area contributed by atoms with Gasteiger partial charge in [-0.15, -0.1) is 0 Å². The largest absolute Gasteiger partial charge is 0.423 e. The Labute approximate surface area is 141 Å². The van der Waals surface area contributed by atoms with Crippen LogP contribution in [0.4, 0.5) is 6.01 Å². The van der Waals surface area contributed by atoms with E-state index in [0.29, 0.717) is 6.01 Å². The average Bonchev–Trinajstić information content (AvgIpc) is 3.05. The van der Waals surface area contributed by atoms with Gasteiger partial charge in [-0.1, -0.05) is 18.6 Å². The number of nitrogens with two attached hydrogens (primary N) is 1. The molecule has 1 saturated carbocycles. The molecule has 128 valence electrons. The van der Waals surface area contributed by atoms with Crippen LogP contribution < -0.4 is 10.6 Å². The average molecular weight is 328 g/mol. The Kier molecular flexibility index (Phi) is 4.14. The van der Waals surface area contributed by atoms with Crippen LogP contribution in [0.3, 0.4) is 0 Å². The number of benzene rings is 1. The van der Waals surface area contributed by atoms with E-state index in [1.165, 1.54) is 0 Å². The van der Waals surface area contributed by atoms with Crippen molar-refractivity contribution in [2.24, 2.45) is 11.7 Å². The van der Waals surface area contributed by atoms with E-state index >= 15 is 0 Å². The van der Waals surface area contributed by atoms with Crippen molar-refractivity contribution in [1.82, 2.24) is 9.88 Å². The molecule has 1 aliphatic carbocycles. The Bertz CT molecular complexity index is 688. The Morgan fingerprint density at radius 1 is 1.17 bits per heavy atom. The van der Waals surface area contributed by atoms with Gasteiger partial charge in [0.1, 0.15) is 5.52 Å². The summed E-state index contributed by atoms with van der Waals surface area (Å²) in [4.78, 5) is 21.4. The van der Waals surface area contributed by atoms with Gasteiger partial charge in [0.25, 0.3) is 6.01 Å². The van der Waals surface area contributed by atoms with Crippen molar-refractivity contribution >= 4 is 23.0 Å². The second kappa shape index (κ2) is 6.43. The maximum atomic E-state index is 12.7. The predicted octanol–water partition coefficient (Wildman–Crippen LogP) is 1.99. The lowest BCUT2D eigenvalue weighted by Gasteiger charge is -2.37. The van der Waals surface area contributed by atoms with Crippen LogP contribution in [0.5, 0.6) is 0 Å². The third-order valence-corrected chi connectivity index (χ3v) is 5.21. The number of fused-ring (bicyclic) bond motifs is 1. The zero-order valence-corrected chi connectivity index (χ0v) is 13.9. The van der Waals surface area contributed by atoms with Crippen LogP contribution in [0, 0.1) is 5.92 Å². The molecule has 0 radical (unpaired) electrons. The standard InChI is InChI=1S/C18H24N4O2/c19-14-5-3-4-13(12-14)17(23)21-8-10-22(11-9-21)18-20-15-6-1-2-7-16(15)24-18/h1-2,6-7,13-14H,3-5,8-12,19H2. The molecular weight excluding hydrogens is 304 g/mol. The molecular formula is C18H24N4O2. The van der Waals surface area contributed by atoms with Gasteiger partial charge in [0.05, 0.1) is 0 Å². The fourth-order valence-electron chi connectivity index (χ4n) is 3.82. The van der Waals surface area contributed by atoms with Crippen molar-refractivity contribution < 1.29 is 9.21 Å². The maximum Gasteiger partial charge on any atom is 0.298 e. The second-order valence-electron chi connectivity index (χ2n) is 6.90. The summed E-state index contributed by atoms with van der Waals surface area (Å²) in [5.74, 6) is 0.395. The molecule has 2 aromatic rings. The number of rotatable bonds is 2. The summed E-state index contributed by atoms with van der Waals surface area (Å²) in [7, 11) is 0. The Hall–Kier alpha value is -2.08. The summed E-state index contributed by atoms with van der Waals surface area (Å²) >= 11 is 0. The van der Waals surface area contributed by atoms with E-state index in [2.05, 4.69) is 9.88 Å². The van der Waals surface area contributed by atoms with E-state index < -0.39 is 0 Å². The van der Waals surface area contributed by atoms with E-state index in [4.69, 9.17) is 10.2 Å². The Balaban J connectivity index is 1.38. The van der Waals surface area contributed by atoms with Crippen molar-refractivity contribution in [3.05, 3.63) is 24.3 Å². The smallest absolute Gasteiger partial charge is 0.298 e. The molecule has 1 aromatic carbocycles. The first-order chi connectivity index (χ1) is 11.7. The second-order valence-corrected chi connectivity index (χ2v) is 6.90. The highest BCUT2D eigenvalue weighted by Crippen LogP contribution is 2.26. The number of para-hydroxylation sites is 2. The van der Waals surface area contributed by atoms with Crippen LogP contribution in [0.1, 0.15) is 25.7 Å².